The van der Waals surface area contributed by atoms with Crippen LogP contribution in [0.1, 0.15) is 0 Å². The first kappa shape index (κ1) is 6.19. The third-order valence-electron chi connectivity index (χ3n) is 0.660. The van der Waals surface area contributed by atoms with Crippen molar-refractivity contribution >= 4 is 7.82 Å². The molecule has 1 saturated heterocycles. The number of rotatable bonds is 0. The van der Waals surface area contributed by atoms with Crippen molar-refractivity contribution in [2.45, 2.75) is 0 Å². The maximum atomic E-state index is 10.3. The Balaban J connectivity index is 2.45. The quantitative estimate of drug-likeness (QED) is 0.448. The van der Waals surface area contributed by atoms with Crippen LogP contribution in [0, 0.1) is 0 Å². The second kappa shape index (κ2) is 2.13. The summed E-state index contributed by atoms with van der Waals surface area (Å²) in [6.07, 6.45) is 0. The highest BCUT2D eigenvalue weighted by Crippen LogP contribution is 2.43. The maximum Gasteiger partial charge on any atom is 0.474 e. The molecule has 0 aromatic heterocycles. The van der Waals surface area contributed by atoms with Crippen molar-refractivity contribution in [2.75, 3.05) is 13.5 Å². The lowest BCUT2D eigenvalue weighted by atomic mass is 11.1. The Bertz CT molecular complexity index is 115. The van der Waals surface area contributed by atoms with Crippen LogP contribution in [0.4, 0.5) is 0 Å². The van der Waals surface area contributed by atoms with Crippen molar-refractivity contribution in [3.63, 3.8) is 0 Å². The van der Waals surface area contributed by atoms with Gasteiger partial charge >= 0.3 is 7.82 Å². The first-order valence-electron chi connectivity index (χ1n) is 2.03. The summed E-state index contributed by atoms with van der Waals surface area (Å²) in [5, 5.41) is 2.56. The van der Waals surface area contributed by atoms with E-state index in [1.54, 1.807) is 0 Å². The summed E-state index contributed by atoms with van der Waals surface area (Å²) in [7, 11) is -3.65. The number of hydrogen-bond acceptors (Lipinski definition) is 4. The van der Waals surface area contributed by atoms with Crippen LogP contribution < -0.4 is 5.32 Å². The Morgan fingerprint density at radius 3 is 2.25 bits per heavy atom. The fraction of sp³-hybridized carbons (Fsp3) is 1.00. The molecular formula is C2H6NO4P. The van der Waals surface area contributed by atoms with Gasteiger partial charge in [-0.25, -0.2) is 4.57 Å². The highest BCUT2D eigenvalue weighted by molar-refractivity contribution is 7.47. The van der Waals surface area contributed by atoms with Crippen molar-refractivity contribution in [2.24, 2.45) is 0 Å². The van der Waals surface area contributed by atoms with Gasteiger partial charge in [-0.3, -0.25) is 14.4 Å². The van der Waals surface area contributed by atoms with E-state index in [4.69, 9.17) is 4.89 Å². The predicted molar refractivity (Wildman–Crippen MR) is 24.9 cm³/mol. The summed E-state index contributed by atoms with van der Waals surface area (Å²) in [6.45, 7) is 0.154. The molecule has 1 aliphatic rings. The van der Waals surface area contributed by atoms with E-state index in [0.717, 1.165) is 0 Å². The van der Waals surface area contributed by atoms with Crippen LogP contribution in [0.5, 0.6) is 0 Å². The molecule has 1 rings (SSSR count). The second-order valence-electron chi connectivity index (χ2n) is 1.27. The van der Waals surface area contributed by atoms with Crippen LogP contribution in [-0.4, -0.2) is 18.4 Å². The highest BCUT2D eigenvalue weighted by atomic mass is 31.2. The van der Waals surface area contributed by atoms with Crippen LogP contribution in [0.2, 0.25) is 0 Å². The van der Waals surface area contributed by atoms with Gasteiger partial charge in [0.1, 0.15) is 13.5 Å². The van der Waals surface area contributed by atoms with Gasteiger partial charge in [-0.1, -0.05) is 0 Å². The first-order valence-corrected chi connectivity index (χ1v) is 3.53. The lowest BCUT2D eigenvalue weighted by Crippen LogP contribution is -2.25. The molecule has 0 saturated carbocycles. The zero-order chi connectivity index (χ0) is 6.04. The van der Waals surface area contributed by atoms with Crippen LogP contribution in [-0.2, 0) is 13.6 Å². The molecule has 48 valence electrons. The van der Waals surface area contributed by atoms with Gasteiger partial charge in [0.05, 0.1) is 0 Å². The molecule has 0 aliphatic carbocycles. The van der Waals surface area contributed by atoms with Gasteiger partial charge < -0.3 is 4.89 Å². The first-order chi connectivity index (χ1) is 3.71. The van der Waals surface area contributed by atoms with E-state index in [9.17, 15) is 4.57 Å². The predicted octanol–water partition coefficient (Wildman–Crippen LogP) is -0.362. The summed E-state index contributed by atoms with van der Waals surface area (Å²) in [4.78, 5) is 8.45. The van der Waals surface area contributed by atoms with Crippen LogP contribution in [0.3, 0.4) is 0 Å². The number of phosphoric ester groups is 1. The molecule has 0 aromatic carbocycles. The van der Waals surface area contributed by atoms with Crippen LogP contribution in [0.15, 0.2) is 0 Å². The second-order valence-corrected chi connectivity index (χ2v) is 2.72. The highest BCUT2D eigenvalue weighted by Gasteiger charge is 2.23. The lowest BCUT2D eigenvalue weighted by molar-refractivity contribution is 0.0789. The molecule has 2 N–H and O–H groups in total. The van der Waals surface area contributed by atoms with Gasteiger partial charge in [0.2, 0.25) is 0 Å². The van der Waals surface area contributed by atoms with Crippen molar-refractivity contribution in [1.29, 1.82) is 0 Å². The fourth-order valence-corrected chi connectivity index (χ4v) is 0.917. The molecule has 1 fully saturated rings. The van der Waals surface area contributed by atoms with Gasteiger partial charge in [-0.15, -0.1) is 0 Å². The molecule has 0 unspecified atom stereocenters. The summed E-state index contributed by atoms with van der Waals surface area (Å²) in [5.41, 5.74) is 0. The molecule has 0 amide bonds. The average Bonchev–Trinajstić information content (AvgIpc) is 1.65. The molecule has 6 heteroatoms. The molecule has 8 heavy (non-hydrogen) atoms. The molecule has 0 spiro atoms. The van der Waals surface area contributed by atoms with Gasteiger partial charge in [0, 0.05) is 0 Å². The van der Waals surface area contributed by atoms with Crippen molar-refractivity contribution < 1.29 is 18.5 Å². The Morgan fingerprint density at radius 1 is 1.50 bits per heavy atom. The van der Waals surface area contributed by atoms with E-state index in [0.29, 0.717) is 0 Å². The largest absolute Gasteiger partial charge is 0.474 e. The van der Waals surface area contributed by atoms with Gasteiger partial charge in [-0.2, -0.15) is 0 Å². The third-order valence-corrected chi connectivity index (χ3v) is 1.57. The smallest absolute Gasteiger partial charge is 0.302 e. The summed E-state index contributed by atoms with van der Waals surface area (Å²) in [5.74, 6) is 0. The van der Waals surface area contributed by atoms with Gasteiger partial charge in [0.15, 0.2) is 0 Å². The summed E-state index contributed by atoms with van der Waals surface area (Å²) in [6, 6.07) is 0. The Morgan fingerprint density at radius 2 is 2.00 bits per heavy atom. The molecule has 0 atom stereocenters. The number of nitrogens with one attached hydrogen (secondary N) is 1. The van der Waals surface area contributed by atoms with E-state index < -0.39 is 7.82 Å². The van der Waals surface area contributed by atoms with Gasteiger partial charge in [-0.05, 0) is 0 Å². The monoisotopic (exact) mass is 139 g/mol. The van der Waals surface area contributed by atoms with E-state index >= 15 is 0 Å². The summed E-state index contributed by atoms with van der Waals surface area (Å²) < 4.78 is 18.8. The maximum absolute atomic E-state index is 10.3. The van der Waals surface area contributed by atoms with E-state index in [2.05, 4.69) is 14.4 Å². The SMILES string of the molecule is O=P1(O)OCNCO1. The zero-order valence-electron chi connectivity index (χ0n) is 4.03. The zero-order valence-corrected chi connectivity index (χ0v) is 4.93. The third kappa shape index (κ3) is 1.54. The molecule has 0 bridgehead atoms. The van der Waals surface area contributed by atoms with E-state index in [-0.39, 0.29) is 13.5 Å². The molecular weight excluding hydrogens is 133 g/mol. The number of phosphoric acid groups is 1. The van der Waals surface area contributed by atoms with Crippen molar-refractivity contribution in [3.8, 4) is 0 Å². The molecule has 0 aromatic rings. The van der Waals surface area contributed by atoms with Crippen molar-refractivity contribution in [3.05, 3.63) is 0 Å². The van der Waals surface area contributed by atoms with Crippen LogP contribution in [0.25, 0.3) is 0 Å². The molecule has 1 aliphatic heterocycles. The van der Waals surface area contributed by atoms with E-state index in [1.807, 2.05) is 0 Å². The average molecular weight is 139 g/mol. The van der Waals surface area contributed by atoms with E-state index in [1.165, 1.54) is 0 Å². The minimum atomic E-state index is -3.65. The Hall–Kier alpha value is 0.0700. The minimum absolute atomic E-state index is 0.0772. The standard InChI is InChI=1S/C2H6NO4P/c4-8(5)6-1-3-2-7-8/h3H,1-2H2,(H,4,5). The fourth-order valence-electron chi connectivity index (χ4n) is 0.333. The Labute approximate surface area is 46.2 Å². The van der Waals surface area contributed by atoms with Crippen LogP contribution >= 0.6 is 7.82 Å². The topological polar surface area (TPSA) is 67.8 Å². The summed E-state index contributed by atoms with van der Waals surface area (Å²) >= 11 is 0. The van der Waals surface area contributed by atoms with Crippen molar-refractivity contribution in [1.82, 2.24) is 5.32 Å². The molecule has 0 radical (unpaired) electrons. The van der Waals surface area contributed by atoms with Gasteiger partial charge in [0.25, 0.3) is 0 Å². The normalized spacial score (nSPS) is 27.6. The number of hydrogen-bond donors (Lipinski definition) is 2. The lowest BCUT2D eigenvalue weighted by Gasteiger charge is -2.17. The molecule has 1 heterocycles. The minimum Gasteiger partial charge on any atom is -0.302 e. The Kier molecular flexibility index (Phi) is 1.65. The molecule has 5 nitrogen and oxygen atoms in total.